The Balaban J connectivity index is 1.85. The molecule has 22 heavy (non-hydrogen) atoms. The molecular formula is C17H27N2O3+. The molecule has 1 unspecified atom stereocenters. The fourth-order valence-electron chi connectivity index (χ4n) is 2.98. The number of hydrogen-bond donors (Lipinski definition) is 2. The number of ether oxygens (including phenoxy) is 2. The van der Waals surface area contributed by atoms with E-state index in [0.717, 1.165) is 12.1 Å². The first kappa shape index (κ1) is 16.6. The summed E-state index contributed by atoms with van der Waals surface area (Å²) in [4.78, 5) is 13.5. The lowest BCUT2D eigenvalue weighted by Crippen LogP contribution is -3.17. The van der Waals surface area contributed by atoms with Gasteiger partial charge < -0.3 is 19.7 Å². The van der Waals surface area contributed by atoms with Crippen LogP contribution in [0.15, 0.2) is 18.2 Å². The largest absolute Gasteiger partial charge is 0.493 e. The molecule has 0 aromatic heterocycles. The van der Waals surface area contributed by atoms with E-state index < -0.39 is 0 Å². The van der Waals surface area contributed by atoms with Gasteiger partial charge in [-0.3, -0.25) is 4.79 Å². The monoisotopic (exact) mass is 307 g/mol. The summed E-state index contributed by atoms with van der Waals surface area (Å²) in [5, 5.41) is 3.00. The second-order valence-corrected chi connectivity index (χ2v) is 5.95. The molecule has 1 aromatic carbocycles. The second kappa shape index (κ2) is 8.03. The standard InChI is InChI=1S/C17H26N2O3/c1-13-6-4-5-9-19(13)12-17(20)18-11-14-7-8-15(21-2)16(10-14)22-3/h7-8,10,13H,4-6,9,11-12H2,1-3H3,(H,18,20)/p+1/t13-/m1/s1. The van der Waals surface area contributed by atoms with Gasteiger partial charge in [-0.1, -0.05) is 6.07 Å². The number of carbonyl (C=O) groups excluding carboxylic acids is 1. The summed E-state index contributed by atoms with van der Waals surface area (Å²) < 4.78 is 10.5. The van der Waals surface area contributed by atoms with E-state index in [0.29, 0.717) is 30.6 Å². The third-order valence-corrected chi connectivity index (χ3v) is 4.41. The van der Waals surface area contributed by atoms with Gasteiger partial charge in [0.2, 0.25) is 0 Å². The van der Waals surface area contributed by atoms with E-state index in [4.69, 9.17) is 9.47 Å². The van der Waals surface area contributed by atoms with Gasteiger partial charge in [0, 0.05) is 6.54 Å². The zero-order valence-electron chi connectivity index (χ0n) is 13.8. The summed E-state index contributed by atoms with van der Waals surface area (Å²) >= 11 is 0. The first-order chi connectivity index (χ1) is 10.6. The number of nitrogens with one attached hydrogen (secondary N) is 2. The Hall–Kier alpha value is -1.75. The van der Waals surface area contributed by atoms with Crippen molar-refractivity contribution in [2.75, 3.05) is 27.3 Å². The summed E-state index contributed by atoms with van der Waals surface area (Å²) in [5.74, 6) is 1.49. The van der Waals surface area contributed by atoms with Gasteiger partial charge in [0.25, 0.3) is 5.91 Å². The maximum Gasteiger partial charge on any atom is 0.275 e. The highest BCUT2D eigenvalue weighted by Crippen LogP contribution is 2.27. The van der Waals surface area contributed by atoms with Crippen LogP contribution in [-0.2, 0) is 11.3 Å². The molecule has 2 atom stereocenters. The zero-order chi connectivity index (χ0) is 15.9. The van der Waals surface area contributed by atoms with Crippen LogP contribution in [-0.4, -0.2) is 39.3 Å². The number of carbonyl (C=O) groups is 1. The van der Waals surface area contributed by atoms with E-state index in [1.165, 1.54) is 24.2 Å². The summed E-state index contributed by atoms with van der Waals surface area (Å²) in [5.41, 5.74) is 1.01. The van der Waals surface area contributed by atoms with E-state index in [9.17, 15) is 4.79 Å². The van der Waals surface area contributed by atoms with Crippen molar-refractivity contribution in [1.29, 1.82) is 0 Å². The van der Waals surface area contributed by atoms with Crippen LogP contribution in [0.25, 0.3) is 0 Å². The molecule has 1 aliphatic rings. The Bertz CT molecular complexity index is 505. The highest BCUT2D eigenvalue weighted by Gasteiger charge is 2.23. The zero-order valence-corrected chi connectivity index (χ0v) is 13.8. The Morgan fingerprint density at radius 2 is 2.05 bits per heavy atom. The van der Waals surface area contributed by atoms with Crippen molar-refractivity contribution in [2.45, 2.75) is 38.8 Å². The van der Waals surface area contributed by atoms with Gasteiger partial charge >= 0.3 is 0 Å². The number of rotatable bonds is 6. The van der Waals surface area contributed by atoms with Crippen molar-refractivity contribution in [3.63, 3.8) is 0 Å². The van der Waals surface area contributed by atoms with Crippen molar-refractivity contribution in [2.24, 2.45) is 0 Å². The molecule has 0 saturated carbocycles. The van der Waals surface area contributed by atoms with E-state index in [2.05, 4.69) is 12.2 Å². The minimum atomic E-state index is 0.110. The molecule has 2 rings (SSSR count). The first-order valence-electron chi connectivity index (χ1n) is 7.96. The Morgan fingerprint density at radius 1 is 1.27 bits per heavy atom. The number of hydrogen-bond acceptors (Lipinski definition) is 3. The quantitative estimate of drug-likeness (QED) is 0.816. The van der Waals surface area contributed by atoms with Crippen molar-refractivity contribution >= 4 is 5.91 Å². The van der Waals surface area contributed by atoms with Crippen LogP contribution in [0.2, 0.25) is 0 Å². The fourth-order valence-corrected chi connectivity index (χ4v) is 2.98. The molecule has 5 nitrogen and oxygen atoms in total. The molecule has 1 aliphatic heterocycles. The average molecular weight is 307 g/mol. The number of likely N-dealkylation sites (tertiary alicyclic amines) is 1. The van der Waals surface area contributed by atoms with E-state index in [1.807, 2.05) is 18.2 Å². The Morgan fingerprint density at radius 3 is 2.73 bits per heavy atom. The topological polar surface area (TPSA) is 52.0 Å². The van der Waals surface area contributed by atoms with Crippen molar-refractivity contribution in [3.8, 4) is 11.5 Å². The molecule has 0 bridgehead atoms. The van der Waals surface area contributed by atoms with Crippen LogP contribution in [0.5, 0.6) is 11.5 Å². The summed E-state index contributed by atoms with van der Waals surface area (Å²) in [6.07, 6.45) is 3.73. The van der Waals surface area contributed by atoms with Gasteiger partial charge in [0.15, 0.2) is 18.0 Å². The predicted octanol–water partition coefficient (Wildman–Crippen LogP) is 0.777. The van der Waals surface area contributed by atoms with Gasteiger partial charge in [0.05, 0.1) is 26.8 Å². The molecule has 0 radical (unpaired) electrons. The predicted molar refractivity (Wildman–Crippen MR) is 85.4 cm³/mol. The van der Waals surface area contributed by atoms with Crippen LogP contribution < -0.4 is 19.7 Å². The summed E-state index contributed by atoms with van der Waals surface area (Å²) in [7, 11) is 3.23. The molecule has 1 aromatic rings. The first-order valence-corrected chi connectivity index (χ1v) is 7.96. The van der Waals surface area contributed by atoms with Crippen molar-refractivity contribution in [3.05, 3.63) is 23.8 Å². The van der Waals surface area contributed by atoms with Crippen LogP contribution in [0.1, 0.15) is 31.7 Å². The summed E-state index contributed by atoms with van der Waals surface area (Å²) in [6.45, 7) is 4.41. The molecule has 2 N–H and O–H groups in total. The summed E-state index contributed by atoms with van der Waals surface area (Å²) in [6, 6.07) is 6.28. The van der Waals surface area contributed by atoms with E-state index in [-0.39, 0.29) is 5.91 Å². The molecule has 122 valence electrons. The third kappa shape index (κ3) is 4.37. The SMILES string of the molecule is COc1ccc(CNC(=O)C[NH+]2CCCC[C@H]2C)cc1OC. The maximum absolute atomic E-state index is 12.1. The number of quaternary nitrogens is 1. The molecule has 1 heterocycles. The smallest absolute Gasteiger partial charge is 0.275 e. The number of methoxy groups -OCH3 is 2. The Kier molecular flexibility index (Phi) is 6.07. The van der Waals surface area contributed by atoms with E-state index in [1.54, 1.807) is 14.2 Å². The average Bonchev–Trinajstić information content (AvgIpc) is 2.54. The van der Waals surface area contributed by atoms with Gasteiger partial charge in [0.1, 0.15) is 0 Å². The minimum Gasteiger partial charge on any atom is -0.493 e. The normalized spacial score (nSPS) is 21.2. The molecule has 0 aliphatic carbocycles. The lowest BCUT2D eigenvalue weighted by atomic mass is 10.0. The number of piperidine rings is 1. The van der Waals surface area contributed by atoms with Crippen LogP contribution in [0, 0.1) is 0 Å². The third-order valence-electron chi connectivity index (χ3n) is 4.41. The van der Waals surface area contributed by atoms with Gasteiger partial charge in [-0.25, -0.2) is 0 Å². The number of benzene rings is 1. The van der Waals surface area contributed by atoms with Gasteiger partial charge in [-0.15, -0.1) is 0 Å². The second-order valence-electron chi connectivity index (χ2n) is 5.95. The molecule has 1 saturated heterocycles. The molecule has 0 spiro atoms. The maximum atomic E-state index is 12.1. The van der Waals surface area contributed by atoms with Gasteiger partial charge in [-0.05, 0) is 43.9 Å². The van der Waals surface area contributed by atoms with Crippen LogP contribution in [0.3, 0.4) is 0 Å². The molecule has 5 heteroatoms. The van der Waals surface area contributed by atoms with Crippen LogP contribution in [0.4, 0.5) is 0 Å². The fraction of sp³-hybridized carbons (Fsp3) is 0.588. The molecular weight excluding hydrogens is 280 g/mol. The lowest BCUT2D eigenvalue weighted by molar-refractivity contribution is -0.921. The minimum absolute atomic E-state index is 0.110. The van der Waals surface area contributed by atoms with Crippen LogP contribution >= 0.6 is 0 Å². The molecule has 1 fully saturated rings. The highest BCUT2D eigenvalue weighted by molar-refractivity contribution is 5.76. The number of amides is 1. The Labute approximate surface area is 132 Å². The lowest BCUT2D eigenvalue weighted by Gasteiger charge is -2.29. The van der Waals surface area contributed by atoms with Gasteiger partial charge in [-0.2, -0.15) is 0 Å². The highest BCUT2D eigenvalue weighted by atomic mass is 16.5. The van der Waals surface area contributed by atoms with E-state index >= 15 is 0 Å². The van der Waals surface area contributed by atoms with Crippen molar-refractivity contribution < 1.29 is 19.2 Å². The molecule has 1 amide bonds. The van der Waals surface area contributed by atoms with Crippen molar-refractivity contribution in [1.82, 2.24) is 5.32 Å².